The van der Waals surface area contributed by atoms with Gasteiger partial charge in [-0.3, -0.25) is 14.5 Å². The molecule has 7 nitrogen and oxygen atoms in total. The number of hydrogen-bond donors (Lipinski definition) is 1. The Bertz CT molecular complexity index is 1580. The fourth-order valence-corrected chi connectivity index (χ4v) is 8.27. The predicted molar refractivity (Wildman–Crippen MR) is 151 cm³/mol. The SMILES string of the molecule is Cc1nc(C)c(C(=O)C2=C(O)C(=O)N(c3nnc(SCc4ccc(Cl)cc4Cl)s3)C2c2sccc2C)s1. The van der Waals surface area contributed by atoms with Gasteiger partial charge in [-0.05, 0) is 55.5 Å². The molecule has 5 rings (SSSR count). The smallest absolute Gasteiger partial charge is 0.296 e. The summed E-state index contributed by atoms with van der Waals surface area (Å²) in [4.78, 5) is 33.9. The molecule has 0 saturated heterocycles. The van der Waals surface area contributed by atoms with Gasteiger partial charge in [0.25, 0.3) is 5.91 Å². The minimum Gasteiger partial charge on any atom is -0.503 e. The maximum absolute atomic E-state index is 13.7. The maximum Gasteiger partial charge on any atom is 0.296 e. The lowest BCUT2D eigenvalue weighted by atomic mass is 9.99. The minimum atomic E-state index is -0.821. The molecule has 4 aromatic rings. The quantitative estimate of drug-likeness (QED) is 0.133. The average molecular weight is 610 g/mol. The standard InChI is InChI=1S/C24H18Cl2N4O3S4/c1-10-6-7-34-20(10)17-16(18(31)21-11(2)27-12(3)36-21)19(32)22(33)30(17)23-28-29-24(37-23)35-9-13-4-5-14(25)8-15(13)26/h4-8,17,32H,9H2,1-3H3. The number of aliphatic hydroxyl groups is 1. The summed E-state index contributed by atoms with van der Waals surface area (Å²) in [5.74, 6) is -1.15. The van der Waals surface area contributed by atoms with E-state index in [1.807, 2.05) is 31.4 Å². The predicted octanol–water partition coefficient (Wildman–Crippen LogP) is 7.36. The Balaban J connectivity index is 1.49. The van der Waals surface area contributed by atoms with Crippen molar-refractivity contribution in [3.05, 3.63) is 82.6 Å². The van der Waals surface area contributed by atoms with E-state index in [1.54, 1.807) is 19.1 Å². The van der Waals surface area contributed by atoms with Crippen LogP contribution in [0.2, 0.25) is 10.0 Å². The number of halogens is 2. The number of ketones is 1. The molecule has 0 fully saturated rings. The number of nitrogens with zero attached hydrogens (tertiary/aromatic N) is 4. The third kappa shape index (κ3) is 4.96. The molecule has 13 heteroatoms. The van der Waals surface area contributed by atoms with Gasteiger partial charge in [-0.2, -0.15) is 0 Å². The van der Waals surface area contributed by atoms with E-state index in [0.29, 0.717) is 35.8 Å². The summed E-state index contributed by atoms with van der Waals surface area (Å²) in [7, 11) is 0. The topological polar surface area (TPSA) is 96.3 Å². The molecule has 190 valence electrons. The van der Waals surface area contributed by atoms with Crippen LogP contribution < -0.4 is 4.90 Å². The van der Waals surface area contributed by atoms with Crippen LogP contribution in [0.3, 0.4) is 0 Å². The number of rotatable bonds is 7. The Kier molecular flexibility index (Phi) is 7.45. The zero-order chi connectivity index (χ0) is 26.4. The number of thiophene rings is 1. The molecule has 1 aliphatic heterocycles. The van der Waals surface area contributed by atoms with E-state index in [9.17, 15) is 14.7 Å². The van der Waals surface area contributed by atoms with Crippen molar-refractivity contribution in [1.29, 1.82) is 0 Å². The number of benzene rings is 1. The summed E-state index contributed by atoms with van der Waals surface area (Å²) < 4.78 is 0.615. The summed E-state index contributed by atoms with van der Waals surface area (Å²) in [5, 5.41) is 23.5. The van der Waals surface area contributed by atoms with Crippen molar-refractivity contribution in [3.8, 4) is 0 Å². The average Bonchev–Trinajstić information content (AvgIpc) is 3.61. The van der Waals surface area contributed by atoms with E-state index >= 15 is 0 Å². The zero-order valence-corrected chi connectivity index (χ0v) is 24.4. The number of aliphatic hydroxyl groups excluding tert-OH is 1. The molecule has 1 atom stereocenters. The van der Waals surface area contributed by atoms with E-state index in [2.05, 4.69) is 15.2 Å². The molecule has 0 saturated carbocycles. The number of hydrogen-bond acceptors (Lipinski definition) is 10. The lowest BCUT2D eigenvalue weighted by molar-refractivity contribution is -0.117. The second kappa shape index (κ2) is 10.5. The number of anilines is 1. The van der Waals surface area contributed by atoms with E-state index in [-0.39, 0.29) is 5.57 Å². The van der Waals surface area contributed by atoms with Crippen molar-refractivity contribution in [2.24, 2.45) is 0 Å². The van der Waals surface area contributed by atoms with Crippen molar-refractivity contribution < 1.29 is 14.7 Å². The number of carbonyl (C=O) groups is 2. The van der Waals surface area contributed by atoms with Crippen LogP contribution in [0.5, 0.6) is 0 Å². The zero-order valence-electron chi connectivity index (χ0n) is 19.6. The van der Waals surface area contributed by atoms with E-state index in [0.717, 1.165) is 21.0 Å². The number of thioether (sulfide) groups is 1. The molecular formula is C24H18Cl2N4O3S4. The molecule has 0 bridgehead atoms. The number of aromatic nitrogens is 3. The third-order valence-corrected chi connectivity index (χ3v) is 10.5. The Morgan fingerprint density at radius 1 is 1.16 bits per heavy atom. The van der Waals surface area contributed by atoms with E-state index in [1.165, 1.54) is 50.7 Å². The normalized spacial score (nSPS) is 15.8. The van der Waals surface area contributed by atoms with Gasteiger partial charge < -0.3 is 5.11 Å². The first-order valence-electron chi connectivity index (χ1n) is 10.8. The van der Waals surface area contributed by atoms with Crippen LogP contribution in [-0.2, 0) is 10.5 Å². The second-order valence-corrected chi connectivity index (χ2v) is 13.3. The first-order valence-corrected chi connectivity index (χ1v) is 15.1. The van der Waals surface area contributed by atoms with Crippen molar-refractivity contribution in [1.82, 2.24) is 15.2 Å². The van der Waals surface area contributed by atoms with Gasteiger partial charge in [0.1, 0.15) is 6.04 Å². The van der Waals surface area contributed by atoms with Crippen LogP contribution >= 0.6 is 69.0 Å². The summed E-state index contributed by atoms with van der Waals surface area (Å²) in [6, 6.07) is 6.39. The monoisotopic (exact) mass is 608 g/mol. The summed E-state index contributed by atoms with van der Waals surface area (Å²) >= 11 is 17.6. The number of Topliss-reactive ketones (excluding diaryl/α,β-unsaturated/α-hetero) is 1. The lowest BCUT2D eigenvalue weighted by Gasteiger charge is -2.23. The first-order chi connectivity index (χ1) is 17.7. The number of amides is 1. The Morgan fingerprint density at radius 2 is 1.95 bits per heavy atom. The van der Waals surface area contributed by atoms with Gasteiger partial charge in [-0.25, -0.2) is 4.98 Å². The van der Waals surface area contributed by atoms with Crippen LogP contribution in [0.1, 0.15) is 42.4 Å². The van der Waals surface area contributed by atoms with Crippen LogP contribution in [0.25, 0.3) is 0 Å². The van der Waals surface area contributed by atoms with Gasteiger partial charge in [0.15, 0.2) is 10.1 Å². The molecule has 3 aromatic heterocycles. The van der Waals surface area contributed by atoms with Crippen molar-refractivity contribution in [3.63, 3.8) is 0 Å². The molecule has 37 heavy (non-hydrogen) atoms. The summed E-state index contributed by atoms with van der Waals surface area (Å²) in [6.07, 6.45) is 0. The molecule has 1 aliphatic rings. The molecule has 0 spiro atoms. The Labute approximate surface area is 238 Å². The van der Waals surface area contributed by atoms with Gasteiger partial charge in [0.2, 0.25) is 10.9 Å². The largest absolute Gasteiger partial charge is 0.503 e. The van der Waals surface area contributed by atoms with Crippen molar-refractivity contribution in [2.45, 2.75) is 36.9 Å². The molecule has 1 aromatic carbocycles. The fourth-order valence-electron chi connectivity index (χ4n) is 3.95. The highest BCUT2D eigenvalue weighted by molar-refractivity contribution is 8.00. The first kappa shape index (κ1) is 26.3. The van der Waals surface area contributed by atoms with Gasteiger partial charge in [-0.15, -0.1) is 32.9 Å². The van der Waals surface area contributed by atoms with Crippen molar-refractivity contribution in [2.75, 3.05) is 4.90 Å². The minimum absolute atomic E-state index is 0.0275. The van der Waals surface area contributed by atoms with Crippen LogP contribution in [0.15, 0.2) is 45.3 Å². The molecule has 0 aliphatic carbocycles. The Morgan fingerprint density at radius 3 is 2.59 bits per heavy atom. The molecule has 1 unspecified atom stereocenters. The van der Waals surface area contributed by atoms with Crippen LogP contribution in [0, 0.1) is 20.8 Å². The number of thiazole rings is 1. The van der Waals surface area contributed by atoms with Crippen molar-refractivity contribution >= 4 is 85.8 Å². The number of aryl methyl sites for hydroxylation is 3. The van der Waals surface area contributed by atoms with Gasteiger partial charge in [-0.1, -0.05) is 52.4 Å². The van der Waals surface area contributed by atoms with Gasteiger partial charge in [0, 0.05) is 20.7 Å². The Hall–Kier alpha value is -2.28. The second-order valence-electron chi connectivity index (χ2n) is 8.16. The van der Waals surface area contributed by atoms with Crippen LogP contribution in [-0.4, -0.2) is 32.0 Å². The highest BCUT2D eigenvalue weighted by Crippen LogP contribution is 2.46. The lowest BCUT2D eigenvalue weighted by Crippen LogP contribution is -2.30. The third-order valence-electron chi connectivity index (χ3n) is 5.68. The molecular weight excluding hydrogens is 591 g/mol. The van der Waals surface area contributed by atoms with E-state index < -0.39 is 23.5 Å². The van der Waals surface area contributed by atoms with E-state index in [4.69, 9.17) is 23.2 Å². The highest BCUT2D eigenvalue weighted by Gasteiger charge is 2.47. The fraction of sp³-hybridized carbons (Fsp3) is 0.208. The summed E-state index contributed by atoms with van der Waals surface area (Å²) in [6.45, 7) is 5.47. The molecule has 1 amide bonds. The van der Waals surface area contributed by atoms with Gasteiger partial charge in [0.05, 0.1) is 21.2 Å². The summed E-state index contributed by atoms with van der Waals surface area (Å²) in [5.41, 5.74) is 2.39. The number of carbonyl (C=O) groups excluding carboxylic acids is 2. The highest BCUT2D eigenvalue weighted by atomic mass is 35.5. The van der Waals surface area contributed by atoms with Crippen LogP contribution in [0.4, 0.5) is 5.13 Å². The molecule has 1 N–H and O–H groups in total. The maximum atomic E-state index is 13.7. The molecule has 4 heterocycles. The van der Waals surface area contributed by atoms with Gasteiger partial charge >= 0.3 is 0 Å². The molecule has 0 radical (unpaired) electrons.